The van der Waals surface area contributed by atoms with Gasteiger partial charge in [-0.2, -0.15) is 15.2 Å². The number of hydrogen-bond acceptors (Lipinski definition) is 10. The molecule has 45 heavy (non-hydrogen) atoms. The summed E-state index contributed by atoms with van der Waals surface area (Å²) in [6.45, 7) is 6.54. The lowest BCUT2D eigenvalue weighted by Crippen LogP contribution is -2.47. The molecule has 4 aliphatic rings. The molecule has 6 heterocycles. The first-order chi connectivity index (χ1) is 21.8. The summed E-state index contributed by atoms with van der Waals surface area (Å²) in [4.78, 5) is 14.2. The van der Waals surface area contributed by atoms with Crippen molar-refractivity contribution in [2.75, 3.05) is 56.7 Å². The van der Waals surface area contributed by atoms with Crippen molar-refractivity contribution in [2.45, 2.75) is 44.2 Å². The third kappa shape index (κ3) is 4.42. The molecule has 9 nitrogen and oxygen atoms in total. The van der Waals surface area contributed by atoms with Crippen LogP contribution >= 0.6 is 22.9 Å². The molecule has 1 unspecified atom stereocenters. The third-order valence-electron chi connectivity index (χ3n) is 9.81. The van der Waals surface area contributed by atoms with Crippen LogP contribution in [0.25, 0.3) is 32.1 Å². The number of aromatic nitrogens is 2. The Morgan fingerprint density at radius 2 is 2.11 bits per heavy atom. The molecule has 8 rings (SSSR count). The fraction of sp³-hybridized carbons (Fsp3) is 0.469. The van der Waals surface area contributed by atoms with Gasteiger partial charge in [-0.3, -0.25) is 4.90 Å². The molecule has 0 aliphatic carbocycles. The summed E-state index contributed by atoms with van der Waals surface area (Å²) in [5, 5.41) is 10.6. The molecule has 2 aromatic heterocycles. The molecule has 2 N–H and O–H groups in total. The largest absolute Gasteiger partial charge is 0.491 e. The van der Waals surface area contributed by atoms with E-state index in [1.807, 2.05) is 0 Å². The lowest BCUT2D eigenvalue weighted by Gasteiger charge is -2.38. The molecule has 4 aliphatic heterocycles. The standard InChI is InChI=1S/C32H31ClF2N6O3S/c1-16-11-32(6-2-7-40(32)13-16)15-44-31-38-26-23-27(43-9-5-17-14-42-10-8-41(17)30(23)39-31)24(33)22(25(26)35)18-3-4-20(34)28-21(18)19(12-36)29(37)45-28/h3-4,16-17H,2,5-11,13-15,37H2,1H3/t16-,17?,32+/m1/s1. The molecule has 0 radical (unpaired) electrons. The molecule has 3 fully saturated rings. The van der Waals surface area contributed by atoms with Gasteiger partial charge in [0, 0.05) is 30.5 Å². The molecule has 0 spiro atoms. The zero-order valence-electron chi connectivity index (χ0n) is 24.7. The Balaban J connectivity index is 1.35. The number of ether oxygens (including phenoxy) is 3. The van der Waals surface area contributed by atoms with Crippen molar-refractivity contribution in [3.8, 4) is 29.0 Å². The summed E-state index contributed by atoms with van der Waals surface area (Å²) in [7, 11) is 0. The van der Waals surface area contributed by atoms with Gasteiger partial charge in [0.1, 0.15) is 34.8 Å². The van der Waals surface area contributed by atoms with Gasteiger partial charge in [0.05, 0.1) is 52.1 Å². The summed E-state index contributed by atoms with van der Waals surface area (Å²) >= 11 is 7.97. The number of thiophene rings is 1. The Labute approximate surface area is 267 Å². The minimum Gasteiger partial charge on any atom is -0.491 e. The first-order valence-electron chi connectivity index (χ1n) is 15.3. The van der Waals surface area contributed by atoms with Crippen molar-refractivity contribution in [1.82, 2.24) is 14.9 Å². The molecule has 13 heteroatoms. The molecule has 0 saturated carbocycles. The Kier molecular flexibility index (Phi) is 6.94. The van der Waals surface area contributed by atoms with Gasteiger partial charge >= 0.3 is 6.01 Å². The van der Waals surface area contributed by atoms with Crippen LogP contribution in [0.1, 0.15) is 38.2 Å². The van der Waals surface area contributed by atoms with Gasteiger partial charge in [0.2, 0.25) is 0 Å². The maximum absolute atomic E-state index is 17.1. The van der Waals surface area contributed by atoms with Crippen LogP contribution in [-0.2, 0) is 4.74 Å². The van der Waals surface area contributed by atoms with Gasteiger partial charge in [-0.05, 0) is 43.4 Å². The molecule has 4 aromatic rings. The second kappa shape index (κ2) is 10.8. The van der Waals surface area contributed by atoms with Crippen LogP contribution in [0.4, 0.5) is 19.6 Å². The Morgan fingerprint density at radius 3 is 2.96 bits per heavy atom. The number of fused-ring (bicyclic) bond motifs is 4. The van der Waals surface area contributed by atoms with E-state index in [1.165, 1.54) is 12.1 Å². The summed E-state index contributed by atoms with van der Waals surface area (Å²) in [5.74, 6) is -0.0207. The Bertz CT molecular complexity index is 1920. The van der Waals surface area contributed by atoms with Crippen molar-refractivity contribution < 1.29 is 23.0 Å². The maximum Gasteiger partial charge on any atom is 0.319 e. The van der Waals surface area contributed by atoms with E-state index in [4.69, 9.17) is 36.5 Å². The van der Waals surface area contributed by atoms with Crippen LogP contribution < -0.4 is 20.1 Å². The van der Waals surface area contributed by atoms with Crippen molar-refractivity contribution >= 4 is 54.7 Å². The predicted octanol–water partition coefficient (Wildman–Crippen LogP) is 6.14. The van der Waals surface area contributed by atoms with Gasteiger partial charge < -0.3 is 24.8 Å². The predicted molar refractivity (Wildman–Crippen MR) is 169 cm³/mol. The number of halogens is 3. The van der Waals surface area contributed by atoms with Crippen molar-refractivity contribution in [3.05, 3.63) is 34.4 Å². The highest BCUT2D eigenvalue weighted by molar-refractivity contribution is 7.23. The van der Waals surface area contributed by atoms with Gasteiger partial charge in [-0.1, -0.05) is 24.6 Å². The fourth-order valence-corrected chi connectivity index (χ4v) is 9.16. The van der Waals surface area contributed by atoms with Gasteiger partial charge in [0.15, 0.2) is 11.6 Å². The highest BCUT2D eigenvalue weighted by Gasteiger charge is 2.48. The van der Waals surface area contributed by atoms with Gasteiger partial charge in [-0.15, -0.1) is 11.3 Å². The van der Waals surface area contributed by atoms with E-state index in [2.05, 4.69) is 27.8 Å². The second-order valence-corrected chi connectivity index (χ2v) is 14.0. The molecular weight excluding hydrogens is 622 g/mol. The van der Waals surface area contributed by atoms with E-state index in [0.29, 0.717) is 56.5 Å². The van der Waals surface area contributed by atoms with Crippen LogP contribution in [0.2, 0.25) is 5.02 Å². The zero-order chi connectivity index (χ0) is 31.0. The number of nitriles is 1. The van der Waals surface area contributed by atoms with Gasteiger partial charge in [0.25, 0.3) is 0 Å². The van der Waals surface area contributed by atoms with E-state index < -0.39 is 11.6 Å². The number of nitrogen functional groups attached to an aromatic ring is 1. The average molecular weight is 653 g/mol. The van der Waals surface area contributed by atoms with Crippen LogP contribution in [-0.4, -0.2) is 72.5 Å². The van der Waals surface area contributed by atoms with Crippen LogP contribution in [0, 0.1) is 28.9 Å². The van der Waals surface area contributed by atoms with Crippen LogP contribution in [0.3, 0.4) is 0 Å². The Hall–Kier alpha value is -3.50. The monoisotopic (exact) mass is 652 g/mol. The van der Waals surface area contributed by atoms with Crippen LogP contribution in [0.5, 0.6) is 11.8 Å². The van der Waals surface area contributed by atoms with E-state index >= 15 is 4.39 Å². The van der Waals surface area contributed by atoms with E-state index in [0.717, 1.165) is 43.7 Å². The molecule has 0 amide bonds. The molecular formula is C32H31ClF2N6O3S. The fourth-order valence-electron chi connectivity index (χ4n) is 7.88. The molecule has 3 saturated heterocycles. The third-order valence-corrected chi connectivity index (χ3v) is 11.2. The van der Waals surface area contributed by atoms with Crippen molar-refractivity contribution in [2.24, 2.45) is 5.92 Å². The highest BCUT2D eigenvalue weighted by atomic mass is 35.5. The number of anilines is 2. The molecule has 3 atom stereocenters. The topological polar surface area (TPSA) is 110 Å². The molecule has 2 aromatic carbocycles. The maximum atomic E-state index is 17.1. The normalized spacial score (nSPS) is 24.6. The zero-order valence-corrected chi connectivity index (χ0v) is 26.2. The number of nitrogens with two attached hydrogens (primary N) is 1. The first-order valence-corrected chi connectivity index (χ1v) is 16.5. The number of rotatable bonds is 4. The number of benzene rings is 2. The first kappa shape index (κ1) is 28.9. The quantitative estimate of drug-likeness (QED) is 0.278. The highest BCUT2D eigenvalue weighted by Crippen LogP contribution is 2.51. The summed E-state index contributed by atoms with van der Waals surface area (Å²) in [6.07, 6.45) is 3.79. The SMILES string of the molecule is C[C@H]1CN2CCC[C@@]2(COc2nc3c4c(c(Cl)c(-c5ccc(F)c6sc(N)c(C#N)c56)c(F)c4n2)OCCC2COCCN32)C1. The smallest absolute Gasteiger partial charge is 0.319 e. The second-order valence-electron chi connectivity index (χ2n) is 12.6. The van der Waals surface area contributed by atoms with Crippen molar-refractivity contribution in [1.29, 1.82) is 5.26 Å². The van der Waals surface area contributed by atoms with Crippen molar-refractivity contribution in [3.63, 3.8) is 0 Å². The minimum atomic E-state index is -0.738. The Morgan fingerprint density at radius 1 is 1.24 bits per heavy atom. The van der Waals surface area contributed by atoms with Crippen LogP contribution in [0.15, 0.2) is 12.1 Å². The van der Waals surface area contributed by atoms with Gasteiger partial charge in [-0.25, -0.2) is 8.78 Å². The number of nitrogens with zero attached hydrogens (tertiary/aromatic N) is 5. The number of morpholine rings is 1. The summed E-state index contributed by atoms with van der Waals surface area (Å²) in [5.41, 5.74) is 6.25. The lowest BCUT2D eigenvalue weighted by molar-refractivity contribution is 0.0850. The van der Waals surface area contributed by atoms with E-state index in [9.17, 15) is 9.65 Å². The molecule has 234 valence electrons. The van der Waals surface area contributed by atoms with E-state index in [-0.39, 0.29) is 65.7 Å². The lowest BCUT2D eigenvalue weighted by atomic mass is 9.92. The summed E-state index contributed by atoms with van der Waals surface area (Å²) in [6, 6.07) is 4.74. The minimum absolute atomic E-state index is 0.00720. The number of hydrogen-bond donors (Lipinski definition) is 1. The average Bonchev–Trinajstić information content (AvgIpc) is 3.67. The summed E-state index contributed by atoms with van der Waals surface area (Å²) < 4.78 is 50.7. The molecule has 0 bridgehead atoms. The van der Waals surface area contributed by atoms with E-state index in [1.54, 1.807) is 0 Å².